The van der Waals surface area contributed by atoms with Gasteiger partial charge in [-0.2, -0.15) is 0 Å². The van der Waals surface area contributed by atoms with Gasteiger partial charge in [0.1, 0.15) is 0 Å². The molecule has 12 nitrogen and oxygen atoms in total. The molecule has 0 heterocycles. The van der Waals surface area contributed by atoms with Crippen LogP contribution in [0, 0.1) is 0 Å². The molecule has 0 spiro atoms. The van der Waals surface area contributed by atoms with Gasteiger partial charge in [-0.05, 0) is 239 Å². The van der Waals surface area contributed by atoms with Crippen LogP contribution < -0.4 is 63.8 Å². The molecule has 384 valence electrons. The van der Waals surface area contributed by atoms with Crippen LogP contribution in [0.4, 0.5) is 0 Å². The van der Waals surface area contributed by atoms with Crippen LogP contribution >= 0.6 is 0 Å². The molecule has 0 amide bonds. The van der Waals surface area contributed by atoms with Crippen molar-refractivity contribution in [2.24, 2.45) is 0 Å². The Hall–Kier alpha value is -0.480. The van der Waals surface area contributed by atoms with Gasteiger partial charge >= 0.3 is 0 Å². The molecule has 0 fully saturated rings. The SMILES string of the molecule is CN[C@@H](C)CCNCCCCCCCNCC[C@H](C)NC.CN[C@H](C)CCNCCCCCCCNCC[C@@H](C)NC.CN[C@H](C)CCNCCCCCCCNCC[C@H](C)NC. The van der Waals surface area contributed by atoms with Crippen molar-refractivity contribution in [2.45, 2.75) is 213 Å². The van der Waals surface area contributed by atoms with Crippen LogP contribution in [0.2, 0.25) is 0 Å². The summed E-state index contributed by atoms with van der Waals surface area (Å²) < 4.78 is 0. The fraction of sp³-hybridized carbons (Fsp3) is 1.00. The zero-order chi connectivity index (χ0) is 47.3. The first-order valence-corrected chi connectivity index (χ1v) is 26.9. The van der Waals surface area contributed by atoms with Gasteiger partial charge in [0.2, 0.25) is 0 Å². The third-order valence-corrected chi connectivity index (χ3v) is 12.6. The maximum absolute atomic E-state index is 3.53. The van der Waals surface area contributed by atoms with Gasteiger partial charge < -0.3 is 63.8 Å². The predicted octanol–water partition coefficient (Wildman–Crippen LogP) is 6.34. The van der Waals surface area contributed by atoms with E-state index in [4.69, 9.17) is 0 Å². The minimum atomic E-state index is 0.626. The number of hydrogen-bond acceptors (Lipinski definition) is 12. The first-order chi connectivity index (χ1) is 30.6. The normalized spacial score (nSPS) is 14.3. The van der Waals surface area contributed by atoms with Crippen molar-refractivity contribution in [3.63, 3.8) is 0 Å². The lowest BCUT2D eigenvalue weighted by Gasteiger charge is -2.11. The second-order valence-corrected chi connectivity index (χ2v) is 18.7. The van der Waals surface area contributed by atoms with Gasteiger partial charge in [-0.3, -0.25) is 0 Å². The van der Waals surface area contributed by atoms with Crippen molar-refractivity contribution >= 4 is 0 Å². The Bertz CT molecular complexity index is 638. The highest BCUT2D eigenvalue weighted by Gasteiger charge is 2.01. The van der Waals surface area contributed by atoms with Gasteiger partial charge in [-0.15, -0.1) is 0 Å². The molecule has 0 saturated carbocycles. The molecular formula is C51H120N12. The summed E-state index contributed by atoms with van der Waals surface area (Å²) in [5, 5.41) is 40.8. The van der Waals surface area contributed by atoms with E-state index >= 15 is 0 Å². The van der Waals surface area contributed by atoms with E-state index in [0.29, 0.717) is 36.3 Å². The molecule has 0 aromatic carbocycles. The second kappa shape index (κ2) is 57.6. The summed E-state index contributed by atoms with van der Waals surface area (Å²) in [5.41, 5.74) is 0. The van der Waals surface area contributed by atoms with Crippen LogP contribution in [0.1, 0.15) is 176 Å². The van der Waals surface area contributed by atoms with E-state index in [1.54, 1.807) is 0 Å². The Kier molecular flexibility index (Phi) is 61.1. The van der Waals surface area contributed by atoms with Crippen LogP contribution in [0.15, 0.2) is 0 Å². The smallest absolute Gasteiger partial charge is 0.00478 e. The van der Waals surface area contributed by atoms with Crippen molar-refractivity contribution in [3.05, 3.63) is 0 Å². The number of nitrogens with one attached hydrogen (secondary N) is 12. The summed E-state index contributed by atoms with van der Waals surface area (Å²) in [6.45, 7) is 27.3. The fourth-order valence-electron chi connectivity index (χ4n) is 6.62. The molecule has 0 unspecified atom stereocenters. The third kappa shape index (κ3) is 61.5. The van der Waals surface area contributed by atoms with E-state index in [1.807, 2.05) is 42.3 Å². The Balaban J connectivity index is -0.000000857. The summed E-state index contributed by atoms with van der Waals surface area (Å²) in [4.78, 5) is 0. The third-order valence-electron chi connectivity index (χ3n) is 12.6. The number of rotatable bonds is 48. The van der Waals surface area contributed by atoms with E-state index in [0.717, 1.165) is 39.3 Å². The molecule has 12 N–H and O–H groups in total. The summed E-state index contributed by atoms with van der Waals surface area (Å²) in [7, 11) is 12.2. The van der Waals surface area contributed by atoms with Crippen LogP contribution in [0.5, 0.6) is 0 Å². The Labute approximate surface area is 396 Å². The molecule has 0 radical (unpaired) electrons. The molecule has 0 aliphatic rings. The molecule has 6 atom stereocenters. The summed E-state index contributed by atoms with van der Waals surface area (Å²) in [6, 6.07) is 3.76. The van der Waals surface area contributed by atoms with Crippen LogP contribution in [-0.4, -0.2) is 157 Å². The quantitative estimate of drug-likeness (QED) is 0.0310. The first-order valence-electron chi connectivity index (χ1n) is 26.9. The molecule has 0 aliphatic carbocycles. The molecule has 0 rings (SSSR count). The van der Waals surface area contributed by atoms with Gasteiger partial charge in [0, 0.05) is 36.3 Å². The molecule has 63 heavy (non-hydrogen) atoms. The van der Waals surface area contributed by atoms with Gasteiger partial charge in [-0.25, -0.2) is 0 Å². The van der Waals surface area contributed by atoms with Crippen molar-refractivity contribution < 1.29 is 0 Å². The average Bonchev–Trinajstić information content (AvgIpc) is 3.30. The van der Waals surface area contributed by atoms with E-state index in [2.05, 4.69) is 105 Å². The average molecular weight is 902 g/mol. The summed E-state index contributed by atoms with van der Waals surface area (Å²) in [5.74, 6) is 0. The first kappa shape index (κ1) is 66.8. The Morgan fingerprint density at radius 2 is 0.317 bits per heavy atom. The van der Waals surface area contributed by atoms with E-state index < -0.39 is 0 Å². The highest BCUT2D eigenvalue weighted by atomic mass is 14.9. The Morgan fingerprint density at radius 1 is 0.190 bits per heavy atom. The van der Waals surface area contributed by atoms with Crippen LogP contribution in [0.25, 0.3) is 0 Å². The van der Waals surface area contributed by atoms with Crippen molar-refractivity contribution in [1.82, 2.24) is 63.8 Å². The molecule has 0 bridgehead atoms. The monoisotopic (exact) mass is 901 g/mol. The predicted molar refractivity (Wildman–Crippen MR) is 285 cm³/mol. The largest absolute Gasteiger partial charge is 0.317 e. The zero-order valence-electron chi connectivity index (χ0n) is 44.8. The molecule has 0 aliphatic heterocycles. The van der Waals surface area contributed by atoms with Gasteiger partial charge in [0.25, 0.3) is 0 Å². The summed E-state index contributed by atoms with van der Waals surface area (Å²) in [6.07, 6.45) is 27.6. The topological polar surface area (TPSA) is 144 Å². The molecule has 12 heteroatoms. The minimum Gasteiger partial charge on any atom is -0.317 e. The zero-order valence-corrected chi connectivity index (χ0v) is 44.8. The Morgan fingerprint density at radius 3 is 0.444 bits per heavy atom. The van der Waals surface area contributed by atoms with Crippen LogP contribution in [0.3, 0.4) is 0 Å². The lowest BCUT2D eigenvalue weighted by Crippen LogP contribution is -2.27. The molecule has 0 aromatic heterocycles. The lowest BCUT2D eigenvalue weighted by atomic mass is 10.1. The standard InChI is InChI=1S/3C17H40N4/c3*1-16(18-3)10-14-20-12-8-6-5-7-9-13-21-15-11-17(2)19-4/h3*16-21H,5-15H2,1-4H3/t16-,17+;2*16-,17-/m.10/s1. The maximum Gasteiger partial charge on any atom is 0.00478 e. The van der Waals surface area contributed by atoms with Crippen molar-refractivity contribution in [1.29, 1.82) is 0 Å². The minimum absolute atomic E-state index is 0.626. The van der Waals surface area contributed by atoms with Crippen molar-refractivity contribution in [2.75, 3.05) is 121 Å². The van der Waals surface area contributed by atoms with Crippen LogP contribution in [-0.2, 0) is 0 Å². The number of hydrogen-bond donors (Lipinski definition) is 12. The van der Waals surface area contributed by atoms with Gasteiger partial charge in [0.15, 0.2) is 0 Å². The fourth-order valence-corrected chi connectivity index (χ4v) is 6.62. The maximum atomic E-state index is 3.53. The van der Waals surface area contributed by atoms with E-state index in [9.17, 15) is 0 Å². The molecular weight excluding hydrogens is 781 g/mol. The molecule has 0 aromatic rings. The molecule has 0 saturated heterocycles. The van der Waals surface area contributed by atoms with Crippen molar-refractivity contribution in [3.8, 4) is 0 Å². The van der Waals surface area contributed by atoms with Gasteiger partial charge in [-0.1, -0.05) is 57.8 Å². The highest BCUT2D eigenvalue weighted by molar-refractivity contribution is 4.64. The lowest BCUT2D eigenvalue weighted by molar-refractivity contribution is 0.503. The van der Waals surface area contributed by atoms with E-state index in [-0.39, 0.29) is 0 Å². The summed E-state index contributed by atoms with van der Waals surface area (Å²) >= 11 is 0. The van der Waals surface area contributed by atoms with E-state index in [1.165, 1.54) is 174 Å². The second-order valence-electron chi connectivity index (χ2n) is 18.7. The highest BCUT2D eigenvalue weighted by Crippen LogP contribution is 2.04. The number of unbranched alkanes of at least 4 members (excludes halogenated alkanes) is 12. The van der Waals surface area contributed by atoms with Gasteiger partial charge in [0.05, 0.1) is 0 Å².